The standard InChI is InChI=1S/C11H10F2O4/c12-11(13)17-9-2-1-7(6-10(15)16)5-8(9)3-4-14/h1-2,4-5,11H,3,6H2,(H,15,16). The lowest BCUT2D eigenvalue weighted by Gasteiger charge is -2.10. The maximum absolute atomic E-state index is 12.0. The fourth-order valence-electron chi connectivity index (χ4n) is 1.38. The zero-order valence-electron chi connectivity index (χ0n) is 8.73. The minimum absolute atomic E-state index is 0.102. The van der Waals surface area contributed by atoms with Gasteiger partial charge in [-0.15, -0.1) is 0 Å². The van der Waals surface area contributed by atoms with Gasteiger partial charge in [0.05, 0.1) is 6.42 Å². The number of benzene rings is 1. The summed E-state index contributed by atoms with van der Waals surface area (Å²) < 4.78 is 28.3. The molecule has 6 heteroatoms. The molecule has 0 bridgehead atoms. The molecule has 0 atom stereocenters. The van der Waals surface area contributed by atoms with Crippen LogP contribution in [0.3, 0.4) is 0 Å². The second kappa shape index (κ2) is 5.93. The van der Waals surface area contributed by atoms with Crippen molar-refractivity contribution in [3.05, 3.63) is 29.3 Å². The van der Waals surface area contributed by atoms with E-state index in [0.29, 0.717) is 11.8 Å². The number of aliphatic carboxylic acids is 1. The first kappa shape index (κ1) is 13.1. The number of alkyl halides is 2. The summed E-state index contributed by atoms with van der Waals surface area (Å²) in [6.07, 6.45) is 0.203. The Morgan fingerprint density at radius 1 is 1.47 bits per heavy atom. The number of hydrogen-bond donors (Lipinski definition) is 1. The molecule has 0 heterocycles. The predicted molar refractivity (Wildman–Crippen MR) is 54.2 cm³/mol. The molecule has 0 unspecified atom stereocenters. The molecule has 0 spiro atoms. The van der Waals surface area contributed by atoms with Crippen LogP contribution in [0, 0.1) is 0 Å². The number of aldehydes is 1. The van der Waals surface area contributed by atoms with Gasteiger partial charge in [-0.25, -0.2) is 0 Å². The molecule has 0 fully saturated rings. The van der Waals surface area contributed by atoms with Crippen LogP contribution in [0.1, 0.15) is 11.1 Å². The Morgan fingerprint density at radius 3 is 2.71 bits per heavy atom. The van der Waals surface area contributed by atoms with Crippen LogP contribution in [0.5, 0.6) is 5.75 Å². The number of carboxylic acid groups (broad SMARTS) is 1. The van der Waals surface area contributed by atoms with Gasteiger partial charge in [0.15, 0.2) is 0 Å². The molecule has 0 aliphatic rings. The second-order valence-corrected chi connectivity index (χ2v) is 3.26. The van der Waals surface area contributed by atoms with Gasteiger partial charge in [0.1, 0.15) is 12.0 Å². The van der Waals surface area contributed by atoms with Crippen molar-refractivity contribution in [2.24, 2.45) is 0 Å². The average molecular weight is 244 g/mol. The first-order valence-electron chi connectivity index (χ1n) is 4.75. The van der Waals surface area contributed by atoms with E-state index in [4.69, 9.17) is 5.11 Å². The molecule has 0 radical (unpaired) electrons. The fraction of sp³-hybridized carbons (Fsp3) is 0.273. The number of halogens is 2. The van der Waals surface area contributed by atoms with Crippen LogP contribution in [0.15, 0.2) is 18.2 Å². The summed E-state index contributed by atoms with van der Waals surface area (Å²) in [5, 5.41) is 8.58. The normalized spacial score (nSPS) is 10.3. The maximum atomic E-state index is 12.0. The molecule has 0 saturated heterocycles. The highest BCUT2D eigenvalue weighted by atomic mass is 19.3. The van der Waals surface area contributed by atoms with Crippen molar-refractivity contribution in [3.63, 3.8) is 0 Å². The highest BCUT2D eigenvalue weighted by molar-refractivity contribution is 5.70. The van der Waals surface area contributed by atoms with E-state index in [9.17, 15) is 18.4 Å². The van der Waals surface area contributed by atoms with Gasteiger partial charge in [-0.1, -0.05) is 12.1 Å². The Kier molecular flexibility index (Phi) is 4.56. The van der Waals surface area contributed by atoms with E-state index in [1.807, 2.05) is 0 Å². The van der Waals surface area contributed by atoms with Crippen LogP contribution in [0.25, 0.3) is 0 Å². The molecule has 1 aromatic rings. The third kappa shape index (κ3) is 4.18. The lowest BCUT2D eigenvalue weighted by molar-refractivity contribution is -0.136. The highest BCUT2D eigenvalue weighted by Gasteiger charge is 2.11. The van der Waals surface area contributed by atoms with Crippen LogP contribution >= 0.6 is 0 Å². The number of carboxylic acids is 1. The van der Waals surface area contributed by atoms with Crippen LogP contribution in [0.2, 0.25) is 0 Å². The largest absolute Gasteiger partial charge is 0.481 e. The molecule has 4 nitrogen and oxygen atoms in total. The summed E-state index contributed by atoms with van der Waals surface area (Å²) in [5.74, 6) is -1.15. The first-order valence-corrected chi connectivity index (χ1v) is 4.75. The van der Waals surface area contributed by atoms with Crippen LogP contribution in [0.4, 0.5) is 8.78 Å². The molecule has 17 heavy (non-hydrogen) atoms. The Hall–Kier alpha value is -1.98. The van der Waals surface area contributed by atoms with Crippen LogP contribution < -0.4 is 4.74 Å². The average Bonchev–Trinajstić information content (AvgIpc) is 2.21. The highest BCUT2D eigenvalue weighted by Crippen LogP contribution is 2.22. The first-order chi connectivity index (χ1) is 8.02. The Bertz CT molecular complexity index is 418. The summed E-state index contributed by atoms with van der Waals surface area (Å²) in [7, 11) is 0. The van der Waals surface area contributed by atoms with Gasteiger partial charge in [-0.3, -0.25) is 4.79 Å². The lowest BCUT2D eigenvalue weighted by atomic mass is 10.1. The molecular formula is C11H10F2O4. The maximum Gasteiger partial charge on any atom is 0.387 e. The van der Waals surface area contributed by atoms with Gasteiger partial charge in [-0.05, 0) is 11.6 Å². The second-order valence-electron chi connectivity index (χ2n) is 3.26. The van der Waals surface area contributed by atoms with Crippen molar-refractivity contribution in [1.82, 2.24) is 0 Å². The number of carbonyl (C=O) groups is 2. The summed E-state index contributed by atoms with van der Waals surface area (Å²) in [6, 6.07) is 3.99. The number of carbonyl (C=O) groups excluding carboxylic acids is 1. The Balaban J connectivity index is 2.98. The van der Waals surface area contributed by atoms with E-state index >= 15 is 0 Å². The van der Waals surface area contributed by atoms with E-state index < -0.39 is 12.6 Å². The van der Waals surface area contributed by atoms with E-state index in [2.05, 4.69) is 4.74 Å². The van der Waals surface area contributed by atoms with Crippen molar-refractivity contribution in [2.45, 2.75) is 19.5 Å². The predicted octanol–water partition coefficient (Wildman–Crippen LogP) is 1.66. The summed E-state index contributed by atoms with van der Waals surface area (Å²) in [6.45, 7) is -2.98. The number of ether oxygens (including phenoxy) is 1. The Morgan fingerprint density at radius 2 is 2.18 bits per heavy atom. The number of hydrogen-bond acceptors (Lipinski definition) is 3. The fourth-order valence-corrected chi connectivity index (χ4v) is 1.38. The molecule has 0 amide bonds. The SMILES string of the molecule is O=CCc1cc(CC(=O)O)ccc1OC(F)F. The summed E-state index contributed by atoms with van der Waals surface area (Å²) in [5.41, 5.74) is 0.676. The minimum atomic E-state index is -2.98. The van der Waals surface area contributed by atoms with Gasteiger partial charge in [0.2, 0.25) is 0 Å². The molecular weight excluding hydrogens is 234 g/mol. The zero-order valence-corrected chi connectivity index (χ0v) is 8.73. The van der Waals surface area contributed by atoms with Gasteiger partial charge < -0.3 is 14.6 Å². The Labute approximate surface area is 95.8 Å². The molecule has 0 aliphatic carbocycles. The van der Waals surface area contributed by atoms with Gasteiger partial charge in [0.25, 0.3) is 0 Å². The molecule has 1 rings (SSSR count). The van der Waals surface area contributed by atoms with E-state index in [1.165, 1.54) is 18.2 Å². The molecule has 0 aromatic heterocycles. The third-order valence-electron chi connectivity index (χ3n) is 2.00. The van der Waals surface area contributed by atoms with Crippen molar-refractivity contribution < 1.29 is 28.2 Å². The molecule has 0 aliphatic heterocycles. The van der Waals surface area contributed by atoms with Crippen molar-refractivity contribution in [1.29, 1.82) is 0 Å². The molecule has 1 N–H and O–H groups in total. The smallest absolute Gasteiger partial charge is 0.387 e. The van der Waals surface area contributed by atoms with Gasteiger partial charge in [0, 0.05) is 12.0 Å². The van der Waals surface area contributed by atoms with Gasteiger partial charge in [-0.2, -0.15) is 8.78 Å². The van der Waals surface area contributed by atoms with Crippen LogP contribution in [-0.4, -0.2) is 24.0 Å². The molecule has 0 saturated carbocycles. The van der Waals surface area contributed by atoms with Crippen molar-refractivity contribution in [3.8, 4) is 5.75 Å². The van der Waals surface area contributed by atoms with Crippen molar-refractivity contribution >= 4 is 12.3 Å². The van der Waals surface area contributed by atoms with Gasteiger partial charge >= 0.3 is 12.6 Å². The van der Waals surface area contributed by atoms with Crippen molar-refractivity contribution in [2.75, 3.05) is 0 Å². The third-order valence-corrected chi connectivity index (χ3v) is 2.00. The topological polar surface area (TPSA) is 63.6 Å². The quantitative estimate of drug-likeness (QED) is 0.773. The van der Waals surface area contributed by atoms with E-state index in [-0.39, 0.29) is 24.2 Å². The summed E-state index contributed by atoms with van der Waals surface area (Å²) in [4.78, 5) is 20.9. The minimum Gasteiger partial charge on any atom is -0.481 e. The van der Waals surface area contributed by atoms with Crippen LogP contribution in [-0.2, 0) is 22.4 Å². The molecule has 92 valence electrons. The lowest BCUT2D eigenvalue weighted by Crippen LogP contribution is -2.06. The van der Waals surface area contributed by atoms with E-state index in [1.54, 1.807) is 0 Å². The zero-order chi connectivity index (χ0) is 12.8. The molecule has 1 aromatic carbocycles. The van der Waals surface area contributed by atoms with E-state index in [0.717, 1.165) is 0 Å². The summed E-state index contributed by atoms with van der Waals surface area (Å²) >= 11 is 0. The number of rotatable bonds is 6. The monoisotopic (exact) mass is 244 g/mol.